The monoisotopic (exact) mass is 180 g/mol. The number of hydrogen-bond donors (Lipinski definition) is 1. The van der Waals surface area contributed by atoms with E-state index in [-0.39, 0.29) is 0 Å². The second-order valence-corrected chi connectivity index (χ2v) is 3.08. The van der Waals surface area contributed by atoms with Crippen LogP contribution in [0.5, 0.6) is 0 Å². The molecule has 74 valence electrons. The lowest BCUT2D eigenvalue weighted by molar-refractivity contribution is 0.835. The number of allylic oxidation sites excluding steroid dienone is 3. The average molecular weight is 180 g/mol. The number of hydrogen-bond acceptors (Lipinski definition) is 2. The molecule has 2 N–H and O–H groups in total. The van der Waals surface area contributed by atoms with E-state index in [9.17, 15) is 0 Å². The van der Waals surface area contributed by atoms with Crippen molar-refractivity contribution >= 4 is 6.21 Å². The largest absolute Gasteiger partial charge is 0.402 e. The summed E-state index contributed by atoms with van der Waals surface area (Å²) in [4.78, 5) is 3.85. The Morgan fingerprint density at radius 3 is 2.77 bits per heavy atom. The lowest BCUT2D eigenvalue weighted by atomic mass is 10.1. The first-order valence-corrected chi connectivity index (χ1v) is 4.76. The summed E-state index contributed by atoms with van der Waals surface area (Å²) in [5.74, 6) is 0.310. The van der Waals surface area contributed by atoms with Crippen molar-refractivity contribution < 1.29 is 0 Å². The maximum absolute atomic E-state index is 5.80. The normalized spacial score (nSPS) is 15.8. The van der Waals surface area contributed by atoms with Crippen LogP contribution in [0.25, 0.3) is 0 Å². The summed E-state index contributed by atoms with van der Waals surface area (Å²) in [5.41, 5.74) is 6.66. The van der Waals surface area contributed by atoms with E-state index >= 15 is 0 Å². The fourth-order valence-corrected chi connectivity index (χ4v) is 0.891. The van der Waals surface area contributed by atoms with Gasteiger partial charge in [-0.15, -0.1) is 0 Å². The van der Waals surface area contributed by atoms with Gasteiger partial charge in [-0.2, -0.15) is 0 Å². The smallest absolute Gasteiger partial charge is 0.0277 e. The predicted molar refractivity (Wildman–Crippen MR) is 59.9 cm³/mol. The Kier molecular flexibility index (Phi) is 6.98. The highest BCUT2D eigenvalue weighted by Crippen LogP contribution is 2.06. The lowest BCUT2D eigenvalue weighted by Crippen LogP contribution is -2.06. The molecule has 0 aliphatic rings. The van der Waals surface area contributed by atoms with Gasteiger partial charge < -0.3 is 5.73 Å². The minimum absolute atomic E-state index is 0.310. The van der Waals surface area contributed by atoms with Crippen molar-refractivity contribution in [3.8, 4) is 0 Å². The summed E-state index contributed by atoms with van der Waals surface area (Å²) in [6.07, 6.45) is 10.2. The van der Waals surface area contributed by atoms with E-state index in [1.165, 1.54) is 6.42 Å². The van der Waals surface area contributed by atoms with Gasteiger partial charge in [0, 0.05) is 24.9 Å². The van der Waals surface area contributed by atoms with Gasteiger partial charge in [-0.1, -0.05) is 32.4 Å². The predicted octanol–water partition coefficient (Wildman–Crippen LogP) is 2.52. The first-order chi connectivity index (χ1) is 6.22. The zero-order valence-electron chi connectivity index (χ0n) is 8.83. The fraction of sp³-hybridized carbons (Fsp3) is 0.545. The van der Waals surface area contributed by atoms with E-state index in [2.05, 4.69) is 31.0 Å². The molecule has 0 spiro atoms. The summed E-state index contributed by atoms with van der Waals surface area (Å²) in [7, 11) is 1.74. The third kappa shape index (κ3) is 6.14. The first-order valence-electron chi connectivity index (χ1n) is 4.76. The Morgan fingerprint density at radius 1 is 1.54 bits per heavy atom. The highest BCUT2D eigenvalue weighted by atomic mass is 14.6. The molecule has 1 atom stereocenters. The third-order valence-electron chi connectivity index (χ3n) is 1.82. The maximum Gasteiger partial charge on any atom is 0.0277 e. The van der Waals surface area contributed by atoms with E-state index in [0.29, 0.717) is 5.92 Å². The van der Waals surface area contributed by atoms with E-state index in [1.807, 2.05) is 6.08 Å². The SMILES string of the molecule is CCC/C=C\C(C)C(N)=CC=NC. The molecule has 0 fully saturated rings. The fourth-order valence-electron chi connectivity index (χ4n) is 0.891. The summed E-state index contributed by atoms with van der Waals surface area (Å²) in [6, 6.07) is 0. The Morgan fingerprint density at radius 2 is 2.23 bits per heavy atom. The van der Waals surface area contributed by atoms with Gasteiger partial charge in [0.05, 0.1) is 0 Å². The van der Waals surface area contributed by atoms with Gasteiger partial charge in [-0.25, -0.2) is 0 Å². The molecule has 0 aromatic carbocycles. The van der Waals surface area contributed by atoms with Crippen LogP contribution in [0.2, 0.25) is 0 Å². The van der Waals surface area contributed by atoms with Gasteiger partial charge >= 0.3 is 0 Å². The molecule has 2 heteroatoms. The molecule has 0 amide bonds. The van der Waals surface area contributed by atoms with Crippen LogP contribution in [-0.2, 0) is 0 Å². The van der Waals surface area contributed by atoms with Gasteiger partial charge in [0.25, 0.3) is 0 Å². The van der Waals surface area contributed by atoms with Crippen LogP contribution in [0.3, 0.4) is 0 Å². The Bertz CT molecular complexity index is 202. The molecule has 0 bridgehead atoms. The summed E-state index contributed by atoms with van der Waals surface area (Å²) >= 11 is 0. The molecule has 0 heterocycles. The van der Waals surface area contributed by atoms with Gasteiger partial charge in [0.1, 0.15) is 0 Å². The molecule has 1 unspecified atom stereocenters. The van der Waals surface area contributed by atoms with E-state index < -0.39 is 0 Å². The van der Waals surface area contributed by atoms with Crippen molar-refractivity contribution in [1.82, 2.24) is 0 Å². The summed E-state index contributed by atoms with van der Waals surface area (Å²) < 4.78 is 0. The number of rotatable bonds is 5. The Balaban J connectivity index is 4.01. The second kappa shape index (κ2) is 7.59. The molecule has 0 saturated carbocycles. The van der Waals surface area contributed by atoms with Crippen molar-refractivity contribution in [2.24, 2.45) is 16.6 Å². The molecular formula is C11H20N2. The molecule has 2 nitrogen and oxygen atoms in total. The Labute approximate surface area is 81.2 Å². The van der Waals surface area contributed by atoms with E-state index in [0.717, 1.165) is 12.1 Å². The molecular weight excluding hydrogens is 160 g/mol. The first kappa shape index (κ1) is 11.9. The summed E-state index contributed by atoms with van der Waals surface area (Å²) in [5, 5.41) is 0. The number of nitrogens with two attached hydrogens (primary N) is 1. The second-order valence-electron chi connectivity index (χ2n) is 3.08. The molecule has 0 rings (SSSR count). The van der Waals surface area contributed by atoms with Crippen LogP contribution in [0.15, 0.2) is 28.9 Å². The molecule has 0 radical (unpaired) electrons. The minimum atomic E-state index is 0.310. The lowest BCUT2D eigenvalue weighted by Gasteiger charge is -2.04. The van der Waals surface area contributed by atoms with Gasteiger partial charge in [0.15, 0.2) is 0 Å². The molecule has 0 aliphatic carbocycles. The molecule has 0 aromatic heterocycles. The average Bonchev–Trinajstić information content (AvgIpc) is 2.14. The quantitative estimate of drug-likeness (QED) is 0.512. The van der Waals surface area contributed by atoms with Crippen molar-refractivity contribution in [3.05, 3.63) is 23.9 Å². The molecule has 0 aliphatic heterocycles. The van der Waals surface area contributed by atoms with Crippen LogP contribution >= 0.6 is 0 Å². The maximum atomic E-state index is 5.80. The summed E-state index contributed by atoms with van der Waals surface area (Å²) in [6.45, 7) is 4.25. The third-order valence-corrected chi connectivity index (χ3v) is 1.82. The van der Waals surface area contributed by atoms with Crippen molar-refractivity contribution in [3.63, 3.8) is 0 Å². The van der Waals surface area contributed by atoms with Crippen LogP contribution in [0.4, 0.5) is 0 Å². The molecule has 0 saturated heterocycles. The van der Waals surface area contributed by atoms with Crippen LogP contribution < -0.4 is 5.73 Å². The molecule has 13 heavy (non-hydrogen) atoms. The van der Waals surface area contributed by atoms with Gasteiger partial charge in [-0.05, 0) is 12.5 Å². The van der Waals surface area contributed by atoms with Crippen LogP contribution in [0, 0.1) is 5.92 Å². The molecule has 0 aromatic rings. The van der Waals surface area contributed by atoms with Crippen molar-refractivity contribution in [2.75, 3.05) is 7.05 Å². The van der Waals surface area contributed by atoms with Crippen LogP contribution in [0.1, 0.15) is 26.7 Å². The van der Waals surface area contributed by atoms with Crippen molar-refractivity contribution in [1.29, 1.82) is 0 Å². The minimum Gasteiger partial charge on any atom is -0.402 e. The van der Waals surface area contributed by atoms with E-state index in [1.54, 1.807) is 13.3 Å². The van der Waals surface area contributed by atoms with Crippen molar-refractivity contribution in [2.45, 2.75) is 26.7 Å². The van der Waals surface area contributed by atoms with Gasteiger partial charge in [-0.3, -0.25) is 4.99 Å². The standard InChI is InChI=1S/C11H20N2/c1-4-5-6-7-10(2)11(12)8-9-13-3/h6-10H,4-5,12H2,1-3H3/b7-6-,11-8?,13-9?. The zero-order valence-corrected chi connectivity index (χ0v) is 8.83. The van der Waals surface area contributed by atoms with E-state index in [4.69, 9.17) is 5.73 Å². The topological polar surface area (TPSA) is 38.4 Å². The Hall–Kier alpha value is -1.05. The number of unbranched alkanes of at least 4 members (excludes halogenated alkanes) is 1. The number of nitrogens with zero attached hydrogens (tertiary/aromatic N) is 1. The highest BCUT2D eigenvalue weighted by Gasteiger charge is 1.97. The number of aliphatic imine (C=N–C) groups is 1. The zero-order chi connectivity index (χ0) is 10.1. The van der Waals surface area contributed by atoms with Crippen LogP contribution in [-0.4, -0.2) is 13.3 Å². The van der Waals surface area contributed by atoms with Gasteiger partial charge in [0.2, 0.25) is 0 Å². The highest BCUT2D eigenvalue weighted by molar-refractivity contribution is 5.71.